The zero-order chi connectivity index (χ0) is 20.3. The minimum absolute atomic E-state index is 0.0144. The number of fused-ring (bicyclic) bond motifs is 1. The van der Waals surface area contributed by atoms with Crippen molar-refractivity contribution in [2.75, 3.05) is 20.6 Å². The Balaban J connectivity index is 1.67. The van der Waals surface area contributed by atoms with Crippen molar-refractivity contribution in [1.82, 2.24) is 15.2 Å². The first-order chi connectivity index (χ1) is 13.3. The summed E-state index contributed by atoms with van der Waals surface area (Å²) in [5.41, 5.74) is 4.70. The molecule has 1 amide bonds. The second-order valence-electron chi connectivity index (χ2n) is 7.57. The van der Waals surface area contributed by atoms with Crippen LogP contribution < -0.4 is 10.9 Å². The number of aryl methyl sites for hydroxylation is 2. The molecule has 5 nitrogen and oxygen atoms in total. The summed E-state index contributed by atoms with van der Waals surface area (Å²) in [6.45, 7) is 4.40. The van der Waals surface area contributed by atoms with E-state index < -0.39 is 0 Å². The van der Waals surface area contributed by atoms with Gasteiger partial charge in [-0.3, -0.25) is 9.59 Å². The van der Waals surface area contributed by atoms with Crippen molar-refractivity contribution in [1.29, 1.82) is 0 Å². The summed E-state index contributed by atoms with van der Waals surface area (Å²) in [6, 6.07) is 16.1. The minimum atomic E-state index is -0.0798. The Bertz CT molecular complexity index is 1040. The van der Waals surface area contributed by atoms with Crippen molar-refractivity contribution < 1.29 is 4.79 Å². The molecule has 0 bridgehead atoms. The molecule has 0 saturated carbocycles. The Morgan fingerprint density at radius 1 is 1.07 bits per heavy atom. The van der Waals surface area contributed by atoms with E-state index in [9.17, 15) is 9.59 Å². The molecule has 1 aromatic heterocycles. The molecule has 1 unspecified atom stereocenters. The van der Waals surface area contributed by atoms with E-state index in [0.29, 0.717) is 18.5 Å². The first-order valence-electron chi connectivity index (χ1n) is 9.46. The first-order valence-corrected chi connectivity index (χ1v) is 9.46. The van der Waals surface area contributed by atoms with Gasteiger partial charge in [0.15, 0.2) is 0 Å². The van der Waals surface area contributed by atoms with E-state index in [2.05, 4.69) is 46.4 Å². The monoisotopic (exact) mass is 377 g/mol. The van der Waals surface area contributed by atoms with Crippen LogP contribution in [0.25, 0.3) is 10.9 Å². The van der Waals surface area contributed by atoms with E-state index in [1.54, 1.807) is 6.92 Å². The average molecular weight is 377 g/mol. The molecule has 146 valence electrons. The summed E-state index contributed by atoms with van der Waals surface area (Å²) in [4.78, 5) is 29.2. The predicted octanol–water partition coefficient (Wildman–Crippen LogP) is 3.11. The fourth-order valence-corrected chi connectivity index (χ4v) is 3.32. The van der Waals surface area contributed by atoms with E-state index in [0.717, 1.165) is 16.5 Å². The normalized spacial score (nSPS) is 12.3. The Hall–Kier alpha value is -2.92. The van der Waals surface area contributed by atoms with Gasteiger partial charge in [-0.15, -0.1) is 0 Å². The van der Waals surface area contributed by atoms with E-state index in [4.69, 9.17) is 0 Å². The van der Waals surface area contributed by atoms with Crippen LogP contribution in [0.2, 0.25) is 0 Å². The quantitative estimate of drug-likeness (QED) is 0.694. The van der Waals surface area contributed by atoms with Gasteiger partial charge in [-0.2, -0.15) is 0 Å². The standard InChI is InChI=1S/C23H27N3O2/c1-15-5-8-18(9-6-15)21(26(3)4)14-24-22(27)13-17-7-10-20-19(12-17)11-16(2)23(28)25-20/h5-12,21H,13-14H2,1-4H3,(H,24,27)(H,25,28). The van der Waals surface area contributed by atoms with Gasteiger partial charge in [-0.1, -0.05) is 35.9 Å². The van der Waals surface area contributed by atoms with Crippen LogP contribution in [-0.4, -0.2) is 36.4 Å². The molecule has 0 aliphatic heterocycles. The van der Waals surface area contributed by atoms with Crippen LogP contribution in [-0.2, 0) is 11.2 Å². The second-order valence-corrected chi connectivity index (χ2v) is 7.57. The zero-order valence-corrected chi connectivity index (χ0v) is 16.9. The van der Waals surface area contributed by atoms with Crippen LogP contribution in [0.1, 0.15) is 28.3 Å². The Morgan fingerprint density at radius 3 is 2.46 bits per heavy atom. The second kappa shape index (κ2) is 8.40. The molecule has 0 saturated heterocycles. The number of benzene rings is 2. The third-order valence-corrected chi connectivity index (χ3v) is 5.04. The fourth-order valence-electron chi connectivity index (χ4n) is 3.32. The third kappa shape index (κ3) is 4.67. The molecular weight excluding hydrogens is 350 g/mol. The zero-order valence-electron chi connectivity index (χ0n) is 16.9. The lowest BCUT2D eigenvalue weighted by molar-refractivity contribution is -0.120. The van der Waals surface area contributed by atoms with Crippen molar-refractivity contribution in [2.24, 2.45) is 0 Å². The summed E-state index contributed by atoms with van der Waals surface area (Å²) < 4.78 is 0. The highest BCUT2D eigenvalue weighted by molar-refractivity contribution is 5.83. The SMILES string of the molecule is Cc1ccc(C(CNC(=O)Cc2ccc3[nH]c(=O)c(C)cc3c2)N(C)C)cc1. The first kappa shape index (κ1) is 19.8. The fraction of sp³-hybridized carbons (Fsp3) is 0.304. The molecule has 0 aliphatic carbocycles. The molecule has 0 fully saturated rings. The van der Waals surface area contributed by atoms with Crippen LogP contribution in [0, 0.1) is 13.8 Å². The molecule has 1 heterocycles. The number of nitrogens with zero attached hydrogens (tertiary/aromatic N) is 1. The number of nitrogens with one attached hydrogen (secondary N) is 2. The maximum atomic E-state index is 12.5. The lowest BCUT2D eigenvalue weighted by Gasteiger charge is -2.25. The number of rotatable bonds is 6. The number of H-pyrrole nitrogens is 1. The summed E-state index contributed by atoms with van der Waals surface area (Å²) in [7, 11) is 4.03. The van der Waals surface area contributed by atoms with Gasteiger partial charge in [0.1, 0.15) is 0 Å². The maximum Gasteiger partial charge on any atom is 0.251 e. The smallest absolute Gasteiger partial charge is 0.251 e. The van der Waals surface area contributed by atoms with Crippen LogP contribution >= 0.6 is 0 Å². The van der Waals surface area contributed by atoms with Crippen molar-refractivity contribution in [3.63, 3.8) is 0 Å². The van der Waals surface area contributed by atoms with Gasteiger partial charge >= 0.3 is 0 Å². The van der Waals surface area contributed by atoms with Gasteiger partial charge in [0, 0.05) is 17.6 Å². The molecule has 0 aliphatic rings. The molecule has 28 heavy (non-hydrogen) atoms. The maximum absolute atomic E-state index is 12.5. The lowest BCUT2D eigenvalue weighted by Crippen LogP contribution is -2.35. The Morgan fingerprint density at radius 2 is 1.79 bits per heavy atom. The molecular formula is C23H27N3O2. The van der Waals surface area contributed by atoms with Gasteiger partial charge in [0.25, 0.3) is 5.56 Å². The molecule has 2 N–H and O–H groups in total. The average Bonchev–Trinajstić information content (AvgIpc) is 2.64. The number of aromatic nitrogens is 1. The van der Waals surface area contributed by atoms with Crippen molar-refractivity contribution >= 4 is 16.8 Å². The topological polar surface area (TPSA) is 65.2 Å². The van der Waals surface area contributed by atoms with Crippen LogP contribution in [0.15, 0.2) is 53.3 Å². The van der Waals surface area contributed by atoms with Crippen molar-refractivity contribution in [3.8, 4) is 0 Å². The number of likely N-dealkylation sites (N-methyl/N-ethyl adjacent to an activating group) is 1. The number of amides is 1. The molecule has 0 radical (unpaired) electrons. The van der Waals surface area contributed by atoms with Crippen LogP contribution in [0.4, 0.5) is 0 Å². The predicted molar refractivity (Wildman–Crippen MR) is 114 cm³/mol. The molecule has 5 heteroatoms. The highest BCUT2D eigenvalue weighted by atomic mass is 16.1. The van der Waals surface area contributed by atoms with Gasteiger partial charge < -0.3 is 15.2 Å². The van der Waals surface area contributed by atoms with Gasteiger partial charge in [-0.25, -0.2) is 0 Å². The van der Waals surface area contributed by atoms with Crippen molar-refractivity contribution in [3.05, 3.63) is 81.1 Å². The summed E-state index contributed by atoms with van der Waals surface area (Å²) >= 11 is 0. The number of pyridine rings is 1. The van der Waals surface area contributed by atoms with Gasteiger partial charge in [-0.05, 0) is 62.7 Å². The van der Waals surface area contributed by atoms with Crippen molar-refractivity contribution in [2.45, 2.75) is 26.3 Å². The largest absolute Gasteiger partial charge is 0.354 e. The van der Waals surface area contributed by atoms with Gasteiger partial charge in [0.05, 0.1) is 12.5 Å². The Kier molecular flexibility index (Phi) is 5.95. The lowest BCUT2D eigenvalue weighted by atomic mass is 10.0. The van der Waals surface area contributed by atoms with Crippen LogP contribution in [0.3, 0.4) is 0 Å². The van der Waals surface area contributed by atoms with E-state index in [-0.39, 0.29) is 17.5 Å². The number of hydrogen-bond acceptors (Lipinski definition) is 3. The van der Waals surface area contributed by atoms with Gasteiger partial charge in [0.2, 0.25) is 5.91 Å². The number of hydrogen-bond donors (Lipinski definition) is 2. The number of carbonyl (C=O) groups excluding carboxylic acids is 1. The minimum Gasteiger partial charge on any atom is -0.354 e. The highest BCUT2D eigenvalue weighted by Crippen LogP contribution is 2.18. The Labute approximate surface area is 165 Å². The van der Waals surface area contributed by atoms with E-state index >= 15 is 0 Å². The molecule has 0 spiro atoms. The molecule has 3 aromatic rings. The summed E-state index contributed by atoms with van der Waals surface area (Å²) in [5.74, 6) is -0.0144. The molecule has 2 aromatic carbocycles. The van der Waals surface area contributed by atoms with Crippen LogP contribution in [0.5, 0.6) is 0 Å². The summed E-state index contributed by atoms with van der Waals surface area (Å²) in [6.07, 6.45) is 0.308. The highest BCUT2D eigenvalue weighted by Gasteiger charge is 2.15. The number of aromatic amines is 1. The van der Waals surface area contributed by atoms with E-state index in [1.165, 1.54) is 11.1 Å². The summed E-state index contributed by atoms with van der Waals surface area (Å²) in [5, 5.41) is 3.99. The number of carbonyl (C=O) groups is 1. The van der Waals surface area contributed by atoms with E-state index in [1.807, 2.05) is 38.4 Å². The molecule has 3 rings (SSSR count). The molecule has 1 atom stereocenters. The third-order valence-electron chi connectivity index (χ3n) is 5.04.